The van der Waals surface area contributed by atoms with Crippen LogP contribution in [-0.2, 0) is 4.79 Å². The van der Waals surface area contributed by atoms with Crippen molar-refractivity contribution in [2.75, 3.05) is 0 Å². The highest BCUT2D eigenvalue weighted by Gasteiger charge is 2.12. The molecular weight excluding hydrogens is 152 g/mol. The summed E-state index contributed by atoms with van der Waals surface area (Å²) in [6, 6.07) is 0. The van der Waals surface area contributed by atoms with Gasteiger partial charge in [-0.1, -0.05) is 6.92 Å². The first kappa shape index (κ1) is 11.6. The first-order chi connectivity index (χ1) is 5.45. The van der Waals surface area contributed by atoms with Crippen LogP contribution < -0.4 is 0 Å². The van der Waals surface area contributed by atoms with E-state index in [1.165, 1.54) is 0 Å². The van der Waals surface area contributed by atoms with E-state index in [-0.39, 0.29) is 0 Å². The van der Waals surface area contributed by atoms with Crippen LogP contribution >= 0.6 is 0 Å². The van der Waals surface area contributed by atoms with Gasteiger partial charge in [-0.3, -0.25) is 4.79 Å². The van der Waals surface area contributed by atoms with Gasteiger partial charge >= 0.3 is 0 Å². The largest absolute Gasteiger partial charge is 0.390 e. The molecule has 0 saturated heterocycles. The number of hydrogen-bond donors (Lipinski definition) is 1. The first-order valence-electron chi connectivity index (χ1n) is 4.70. The van der Waals surface area contributed by atoms with Crippen LogP contribution in [0.25, 0.3) is 0 Å². The number of aliphatic hydroxyl groups is 1. The first-order valence-corrected chi connectivity index (χ1v) is 4.70. The highest BCUT2D eigenvalue weighted by molar-refractivity contribution is 5.78. The number of carbonyl (C=O) groups excluding carboxylic acids is 1. The van der Waals surface area contributed by atoms with E-state index in [0.717, 1.165) is 12.8 Å². The number of Topliss-reactive ketones (excluding diaryl/α,β-unsaturated/α-hetero) is 1. The Balaban J connectivity index is 3.37. The number of ketones is 1. The third-order valence-electron chi connectivity index (χ3n) is 1.77. The van der Waals surface area contributed by atoms with Gasteiger partial charge in [0.1, 0.15) is 5.78 Å². The van der Waals surface area contributed by atoms with Gasteiger partial charge in [-0.25, -0.2) is 0 Å². The summed E-state index contributed by atoms with van der Waals surface area (Å²) >= 11 is 0. The minimum Gasteiger partial charge on any atom is -0.390 e. The van der Waals surface area contributed by atoms with Crippen LogP contribution in [0.1, 0.15) is 52.9 Å². The smallest absolute Gasteiger partial charge is 0.132 e. The maximum Gasteiger partial charge on any atom is 0.132 e. The van der Waals surface area contributed by atoms with Gasteiger partial charge in [-0.05, 0) is 33.1 Å². The highest BCUT2D eigenvalue weighted by Crippen LogP contribution is 2.12. The average molecular weight is 172 g/mol. The standard InChI is InChI=1S/C10H20O2/c1-4-6-9(11)7-5-8-10(2,3)12/h12H,4-8H2,1-3H3. The Bertz CT molecular complexity index is 133. The molecule has 0 heterocycles. The van der Waals surface area contributed by atoms with Gasteiger partial charge in [-0.15, -0.1) is 0 Å². The Morgan fingerprint density at radius 3 is 2.33 bits per heavy atom. The molecule has 12 heavy (non-hydrogen) atoms. The normalized spacial score (nSPS) is 11.7. The molecule has 0 aromatic rings. The SMILES string of the molecule is CCCC(=O)CCCC(C)(C)O. The average Bonchev–Trinajstić information content (AvgIpc) is 1.84. The van der Waals surface area contributed by atoms with Gasteiger partial charge in [0.25, 0.3) is 0 Å². The maximum absolute atomic E-state index is 11.0. The summed E-state index contributed by atoms with van der Waals surface area (Å²) in [5, 5.41) is 9.35. The van der Waals surface area contributed by atoms with E-state index >= 15 is 0 Å². The summed E-state index contributed by atoms with van der Waals surface area (Å²) in [4.78, 5) is 11.0. The Labute approximate surface area is 75.0 Å². The predicted molar refractivity (Wildman–Crippen MR) is 50.1 cm³/mol. The zero-order valence-corrected chi connectivity index (χ0v) is 8.39. The second kappa shape index (κ2) is 5.31. The van der Waals surface area contributed by atoms with E-state index < -0.39 is 5.60 Å². The fraction of sp³-hybridized carbons (Fsp3) is 0.900. The molecule has 0 aliphatic heterocycles. The third kappa shape index (κ3) is 7.73. The third-order valence-corrected chi connectivity index (χ3v) is 1.77. The zero-order valence-electron chi connectivity index (χ0n) is 8.39. The molecule has 0 aromatic carbocycles. The van der Waals surface area contributed by atoms with Gasteiger partial charge in [0, 0.05) is 12.8 Å². The number of hydrogen-bond acceptors (Lipinski definition) is 2. The van der Waals surface area contributed by atoms with E-state index in [2.05, 4.69) is 0 Å². The van der Waals surface area contributed by atoms with Crippen molar-refractivity contribution in [3.63, 3.8) is 0 Å². The van der Waals surface area contributed by atoms with Crippen LogP contribution in [0.2, 0.25) is 0 Å². The molecule has 0 bridgehead atoms. The quantitative estimate of drug-likeness (QED) is 0.667. The molecule has 0 atom stereocenters. The van der Waals surface area contributed by atoms with Crippen LogP contribution in [0, 0.1) is 0 Å². The minimum atomic E-state index is -0.619. The molecule has 0 aliphatic carbocycles. The van der Waals surface area contributed by atoms with Crippen molar-refractivity contribution in [1.82, 2.24) is 0 Å². The fourth-order valence-electron chi connectivity index (χ4n) is 1.12. The van der Waals surface area contributed by atoms with Gasteiger partial charge in [-0.2, -0.15) is 0 Å². The molecule has 0 radical (unpaired) electrons. The van der Waals surface area contributed by atoms with Crippen LogP contribution in [0.5, 0.6) is 0 Å². The molecule has 72 valence electrons. The lowest BCUT2D eigenvalue weighted by Gasteiger charge is -2.15. The summed E-state index contributed by atoms with van der Waals surface area (Å²) in [7, 11) is 0. The lowest BCUT2D eigenvalue weighted by atomic mass is 9.99. The summed E-state index contributed by atoms with van der Waals surface area (Å²) in [5.41, 5.74) is -0.619. The van der Waals surface area contributed by atoms with Crippen LogP contribution in [0.4, 0.5) is 0 Å². The predicted octanol–water partition coefficient (Wildman–Crippen LogP) is 2.30. The molecule has 0 amide bonds. The van der Waals surface area contributed by atoms with E-state index in [0.29, 0.717) is 25.0 Å². The Kier molecular flexibility index (Phi) is 5.14. The zero-order chi connectivity index (χ0) is 9.61. The Morgan fingerprint density at radius 1 is 1.33 bits per heavy atom. The molecule has 0 saturated carbocycles. The second-order valence-electron chi connectivity index (χ2n) is 3.95. The Morgan fingerprint density at radius 2 is 1.92 bits per heavy atom. The summed E-state index contributed by atoms with van der Waals surface area (Å²) in [6.07, 6.45) is 3.76. The summed E-state index contributed by atoms with van der Waals surface area (Å²) in [5.74, 6) is 0.321. The van der Waals surface area contributed by atoms with Crippen molar-refractivity contribution in [2.24, 2.45) is 0 Å². The number of carbonyl (C=O) groups is 1. The molecular formula is C10H20O2. The summed E-state index contributed by atoms with van der Waals surface area (Å²) < 4.78 is 0. The molecule has 2 heteroatoms. The number of rotatable bonds is 6. The molecule has 2 nitrogen and oxygen atoms in total. The molecule has 0 aliphatic rings. The molecule has 0 aromatic heterocycles. The van der Waals surface area contributed by atoms with E-state index in [9.17, 15) is 9.90 Å². The van der Waals surface area contributed by atoms with Crippen molar-refractivity contribution in [1.29, 1.82) is 0 Å². The van der Waals surface area contributed by atoms with E-state index in [1.807, 2.05) is 6.92 Å². The van der Waals surface area contributed by atoms with Crippen molar-refractivity contribution in [3.05, 3.63) is 0 Å². The highest BCUT2D eigenvalue weighted by atomic mass is 16.3. The lowest BCUT2D eigenvalue weighted by Crippen LogP contribution is -2.18. The maximum atomic E-state index is 11.0. The van der Waals surface area contributed by atoms with Crippen molar-refractivity contribution < 1.29 is 9.90 Å². The van der Waals surface area contributed by atoms with Gasteiger partial charge < -0.3 is 5.11 Å². The molecule has 0 fully saturated rings. The monoisotopic (exact) mass is 172 g/mol. The van der Waals surface area contributed by atoms with Crippen LogP contribution in [0.15, 0.2) is 0 Å². The summed E-state index contributed by atoms with van der Waals surface area (Å²) in [6.45, 7) is 5.56. The van der Waals surface area contributed by atoms with E-state index in [4.69, 9.17) is 0 Å². The van der Waals surface area contributed by atoms with E-state index in [1.54, 1.807) is 13.8 Å². The van der Waals surface area contributed by atoms with Crippen molar-refractivity contribution in [2.45, 2.75) is 58.5 Å². The molecule has 1 N–H and O–H groups in total. The second-order valence-corrected chi connectivity index (χ2v) is 3.95. The lowest BCUT2D eigenvalue weighted by molar-refractivity contribution is -0.119. The molecule has 0 unspecified atom stereocenters. The van der Waals surface area contributed by atoms with Gasteiger partial charge in [0.05, 0.1) is 5.60 Å². The minimum absolute atomic E-state index is 0.321. The van der Waals surface area contributed by atoms with Gasteiger partial charge in [0.15, 0.2) is 0 Å². The van der Waals surface area contributed by atoms with Crippen LogP contribution in [-0.4, -0.2) is 16.5 Å². The molecule has 0 spiro atoms. The topological polar surface area (TPSA) is 37.3 Å². The van der Waals surface area contributed by atoms with Crippen molar-refractivity contribution >= 4 is 5.78 Å². The fourth-order valence-corrected chi connectivity index (χ4v) is 1.12. The molecule has 0 rings (SSSR count). The Hall–Kier alpha value is -0.370. The van der Waals surface area contributed by atoms with Crippen molar-refractivity contribution in [3.8, 4) is 0 Å². The van der Waals surface area contributed by atoms with Gasteiger partial charge in [0.2, 0.25) is 0 Å². The van der Waals surface area contributed by atoms with Crippen LogP contribution in [0.3, 0.4) is 0 Å².